The van der Waals surface area contributed by atoms with Crippen LogP contribution in [0, 0.1) is 17.8 Å². The Kier molecular flexibility index (Phi) is 2.52. The van der Waals surface area contributed by atoms with Crippen molar-refractivity contribution in [3.8, 4) is 5.75 Å². The van der Waals surface area contributed by atoms with Crippen molar-refractivity contribution < 1.29 is 4.74 Å². The molecule has 4 heterocycles. The van der Waals surface area contributed by atoms with Crippen molar-refractivity contribution in [3.63, 3.8) is 0 Å². The van der Waals surface area contributed by atoms with Gasteiger partial charge in [-0.15, -0.1) is 0 Å². The Hall–Kier alpha value is -0.800. The Morgan fingerprint density at radius 1 is 1.17 bits per heavy atom. The minimum absolute atomic E-state index is 0.373. The maximum atomic E-state index is 6.20. The molecule has 4 bridgehead atoms. The van der Waals surface area contributed by atoms with E-state index in [0.717, 1.165) is 11.7 Å². The molecule has 0 N–H and O–H groups in total. The van der Waals surface area contributed by atoms with Crippen LogP contribution >= 0.6 is 11.6 Å². The fraction of sp³-hybridized carbons (Fsp3) is 0.643. The normalized spacial score (nSPS) is 41.1. The van der Waals surface area contributed by atoms with Gasteiger partial charge in [-0.25, -0.2) is 0 Å². The molecule has 0 aromatic carbocycles. The molecule has 4 heteroatoms. The topological polar surface area (TPSA) is 25.4 Å². The number of rotatable bonds is 2. The highest BCUT2D eigenvalue weighted by molar-refractivity contribution is 6.30. The van der Waals surface area contributed by atoms with Gasteiger partial charge in [-0.3, -0.25) is 4.98 Å². The van der Waals surface area contributed by atoms with Crippen LogP contribution in [-0.4, -0.2) is 35.6 Å². The minimum atomic E-state index is 0.373. The second kappa shape index (κ2) is 4.10. The molecule has 1 aliphatic carbocycles. The second-order valence-electron chi connectivity index (χ2n) is 6.00. The summed E-state index contributed by atoms with van der Waals surface area (Å²) in [4.78, 5) is 6.71. The smallest absolute Gasteiger partial charge is 0.139 e. The zero-order valence-corrected chi connectivity index (χ0v) is 11.0. The van der Waals surface area contributed by atoms with Crippen molar-refractivity contribution in [1.82, 2.24) is 9.88 Å². The van der Waals surface area contributed by atoms with Crippen LogP contribution in [0.25, 0.3) is 0 Å². The lowest BCUT2D eigenvalue weighted by Gasteiger charge is -2.55. The standard InChI is InChI=1S/C14H17ClN2O/c15-12-3-13(5-16-4-12)18-14-10-1-9-2-11(14)8-17(6-9)7-10/h3-5,9-11,14H,1-2,6-8H2/t9?,10-,11-,14?/m0/s1. The van der Waals surface area contributed by atoms with E-state index in [4.69, 9.17) is 16.3 Å². The third kappa shape index (κ3) is 1.81. The molecular formula is C14H17ClN2O. The van der Waals surface area contributed by atoms with E-state index in [1.54, 1.807) is 12.4 Å². The molecule has 1 saturated carbocycles. The predicted molar refractivity (Wildman–Crippen MR) is 69.8 cm³/mol. The van der Waals surface area contributed by atoms with E-state index in [2.05, 4.69) is 9.88 Å². The van der Waals surface area contributed by atoms with Crippen LogP contribution in [0.2, 0.25) is 5.02 Å². The van der Waals surface area contributed by atoms with Gasteiger partial charge in [-0.1, -0.05) is 11.6 Å². The maximum absolute atomic E-state index is 6.20. The third-order valence-corrected chi connectivity index (χ3v) is 4.86. The summed E-state index contributed by atoms with van der Waals surface area (Å²) in [5, 5.41) is 0.653. The molecule has 0 unspecified atom stereocenters. The number of nitrogens with zero attached hydrogens (tertiary/aromatic N) is 2. The van der Waals surface area contributed by atoms with Gasteiger partial charge in [-0.2, -0.15) is 0 Å². The van der Waals surface area contributed by atoms with Gasteiger partial charge in [-0.05, 0) is 18.8 Å². The van der Waals surface area contributed by atoms with E-state index in [1.807, 2.05) is 6.07 Å². The van der Waals surface area contributed by atoms with Crippen LogP contribution < -0.4 is 4.74 Å². The lowest BCUT2D eigenvalue weighted by atomic mass is 9.66. The number of piperidine rings is 3. The molecule has 96 valence electrons. The lowest BCUT2D eigenvalue weighted by Crippen LogP contribution is -2.61. The minimum Gasteiger partial charge on any atom is -0.488 e. The van der Waals surface area contributed by atoms with Crippen LogP contribution in [0.3, 0.4) is 0 Å². The highest BCUT2D eigenvalue weighted by Gasteiger charge is 2.48. The molecule has 3 saturated heterocycles. The highest BCUT2D eigenvalue weighted by Crippen LogP contribution is 2.44. The van der Waals surface area contributed by atoms with Crippen LogP contribution in [0.5, 0.6) is 5.75 Å². The van der Waals surface area contributed by atoms with Crippen molar-refractivity contribution in [2.45, 2.75) is 18.9 Å². The van der Waals surface area contributed by atoms with Crippen LogP contribution in [0.4, 0.5) is 0 Å². The first-order valence-corrected chi connectivity index (χ1v) is 7.15. The predicted octanol–water partition coefficient (Wildman–Crippen LogP) is 2.45. The quantitative estimate of drug-likeness (QED) is 0.821. The first-order chi connectivity index (χ1) is 8.78. The van der Waals surface area contributed by atoms with E-state index in [9.17, 15) is 0 Å². The van der Waals surface area contributed by atoms with E-state index < -0.39 is 0 Å². The number of aromatic nitrogens is 1. The molecule has 3 nitrogen and oxygen atoms in total. The Labute approximate surface area is 112 Å². The van der Waals surface area contributed by atoms with Gasteiger partial charge in [0.15, 0.2) is 0 Å². The molecule has 0 spiro atoms. The summed E-state index contributed by atoms with van der Waals surface area (Å²) >= 11 is 5.96. The molecule has 4 fully saturated rings. The zero-order valence-electron chi connectivity index (χ0n) is 10.3. The zero-order chi connectivity index (χ0) is 12.1. The molecule has 3 aliphatic heterocycles. The van der Waals surface area contributed by atoms with Crippen molar-refractivity contribution >= 4 is 11.6 Å². The number of hydrogen-bond donors (Lipinski definition) is 0. The molecule has 1 aromatic heterocycles. The molecule has 1 aromatic rings. The van der Waals surface area contributed by atoms with Gasteiger partial charge in [0.05, 0.1) is 11.2 Å². The van der Waals surface area contributed by atoms with Crippen molar-refractivity contribution in [2.24, 2.45) is 17.8 Å². The van der Waals surface area contributed by atoms with Gasteiger partial charge in [0.25, 0.3) is 0 Å². The van der Waals surface area contributed by atoms with Crippen LogP contribution in [-0.2, 0) is 0 Å². The monoisotopic (exact) mass is 264 g/mol. The molecule has 0 amide bonds. The van der Waals surface area contributed by atoms with Gasteiger partial charge >= 0.3 is 0 Å². The van der Waals surface area contributed by atoms with E-state index >= 15 is 0 Å². The van der Waals surface area contributed by atoms with Gasteiger partial charge < -0.3 is 9.64 Å². The van der Waals surface area contributed by atoms with Crippen molar-refractivity contribution in [2.75, 3.05) is 19.6 Å². The maximum Gasteiger partial charge on any atom is 0.139 e. The Morgan fingerprint density at radius 3 is 2.61 bits per heavy atom. The molecule has 4 aliphatic rings. The first kappa shape index (κ1) is 11.1. The molecule has 5 rings (SSSR count). The van der Waals surface area contributed by atoms with Crippen LogP contribution in [0.1, 0.15) is 12.8 Å². The fourth-order valence-electron chi connectivity index (χ4n) is 4.17. The van der Waals surface area contributed by atoms with E-state index in [0.29, 0.717) is 23.0 Å². The number of ether oxygens (including phenoxy) is 1. The second-order valence-corrected chi connectivity index (χ2v) is 6.43. The Bertz CT molecular complexity index is 437. The lowest BCUT2D eigenvalue weighted by molar-refractivity contribution is -0.0985. The number of pyridine rings is 1. The summed E-state index contributed by atoms with van der Waals surface area (Å²) in [6.45, 7) is 3.75. The van der Waals surface area contributed by atoms with E-state index in [1.165, 1.54) is 32.5 Å². The van der Waals surface area contributed by atoms with Gasteiger partial charge in [0.1, 0.15) is 11.9 Å². The summed E-state index contributed by atoms with van der Waals surface area (Å²) in [7, 11) is 0. The number of hydrogen-bond acceptors (Lipinski definition) is 3. The summed E-state index contributed by atoms with van der Waals surface area (Å²) in [5.41, 5.74) is 0. The number of halogens is 1. The van der Waals surface area contributed by atoms with Gasteiger partial charge in [0.2, 0.25) is 0 Å². The Morgan fingerprint density at radius 2 is 1.94 bits per heavy atom. The summed E-state index contributed by atoms with van der Waals surface area (Å²) < 4.78 is 6.20. The van der Waals surface area contributed by atoms with E-state index in [-0.39, 0.29) is 0 Å². The third-order valence-electron chi connectivity index (χ3n) is 4.66. The highest BCUT2D eigenvalue weighted by atomic mass is 35.5. The average Bonchev–Trinajstić information content (AvgIpc) is 2.33. The fourth-order valence-corrected chi connectivity index (χ4v) is 4.33. The molecule has 0 radical (unpaired) electrons. The molecule has 18 heavy (non-hydrogen) atoms. The molecular weight excluding hydrogens is 248 g/mol. The summed E-state index contributed by atoms with van der Waals surface area (Å²) in [6, 6.07) is 1.87. The van der Waals surface area contributed by atoms with Crippen molar-refractivity contribution in [3.05, 3.63) is 23.5 Å². The summed E-state index contributed by atoms with van der Waals surface area (Å²) in [5.74, 6) is 3.15. The SMILES string of the molecule is Clc1cncc(OC2[C@H]3CC4C[C@H]2CN(C4)C3)c1. The average molecular weight is 265 g/mol. The summed E-state index contributed by atoms with van der Waals surface area (Å²) in [6.07, 6.45) is 6.48. The molecule has 2 atom stereocenters. The van der Waals surface area contributed by atoms with Crippen molar-refractivity contribution in [1.29, 1.82) is 0 Å². The Balaban J connectivity index is 1.55. The largest absolute Gasteiger partial charge is 0.488 e. The first-order valence-electron chi connectivity index (χ1n) is 6.77. The van der Waals surface area contributed by atoms with Gasteiger partial charge in [0, 0.05) is 43.7 Å². The van der Waals surface area contributed by atoms with Crippen LogP contribution in [0.15, 0.2) is 18.5 Å².